The highest BCUT2D eigenvalue weighted by Gasteiger charge is 2.05. The van der Waals surface area contributed by atoms with Crippen molar-refractivity contribution in [1.82, 2.24) is 9.97 Å². The highest BCUT2D eigenvalue weighted by atomic mass is 32.2. The third-order valence-electron chi connectivity index (χ3n) is 2.44. The molecule has 2 aromatic rings. The van der Waals surface area contributed by atoms with Crippen molar-refractivity contribution in [1.29, 1.82) is 0 Å². The maximum atomic E-state index is 13.2. The summed E-state index contributed by atoms with van der Waals surface area (Å²) in [5.41, 5.74) is 0. The minimum atomic E-state index is -0.235. The average Bonchev–Trinajstić information content (AvgIpc) is 2.39. The summed E-state index contributed by atoms with van der Waals surface area (Å²) in [6, 6.07) is 8.40. The van der Waals surface area contributed by atoms with Crippen LogP contribution in [0.25, 0.3) is 0 Å². The molecule has 0 saturated heterocycles. The van der Waals surface area contributed by atoms with Crippen molar-refractivity contribution in [3.63, 3.8) is 0 Å². The summed E-state index contributed by atoms with van der Waals surface area (Å²) >= 11 is 1.44. The van der Waals surface area contributed by atoms with Gasteiger partial charge in [0.05, 0.1) is 0 Å². The first-order valence-electron chi connectivity index (χ1n) is 6.26. The molecule has 0 amide bonds. The molecule has 1 aromatic carbocycles. The van der Waals surface area contributed by atoms with Crippen LogP contribution in [0.1, 0.15) is 19.7 Å². The molecule has 0 fully saturated rings. The third-order valence-corrected chi connectivity index (χ3v) is 3.35. The van der Waals surface area contributed by atoms with Crippen LogP contribution in [-0.4, -0.2) is 16.5 Å². The summed E-state index contributed by atoms with van der Waals surface area (Å²) in [4.78, 5) is 9.68. The lowest BCUT2D eigenvalue weighted by Crippen LogP contribution is -2.03. The van der Waals surface area contributed by atoms with Crippen LogP contribution >= 0.6 is 11.8 Å². The van der Waals surface area contributed by atoms with Crippen LogP contribution in [-0.2, 0) is 6.42 Å². The maximum absolute atomic E-state index is 13.2. The Kier molecular flexibility index (Phi) is 4.74. The van der Waals surface area contributed by atoms with Crippen molar-refractivity contribution in [2.45, 2.75) is 30.2 Å². The first-order valence-corrected chi connectivity index (χ1v) is 7.08. The minimum absolute atomic E-state index is 0.235. The lowest BCUT2D eigenvalue weighted by molar-refractivity contribution is 0.624. The van der Waals surface area contributed by atoms with Gasteiger partial charge in [-0.15, -0.1) is 0 Å². The van der Waals surface area contributed by atoms with E-state index in [0.29, 0.717) is 0 Å². The highest BCUT2D eigenvalue weighted by Crippen LogP contribution is 2.27. The van der Waals surface area contributed by atoms with Crippen LogP contribution in [0.2, 0.25) is 0 Å². The number of aromatic nitrogens is 2. The van der Waals surface area contributed by atoms with Gasteiger partial charge in [-0.2, -0.15) is 0 Å². The summed E-state index contributed by atoms with van der Waals surface area (Å²) in [5.74, 6) is 1.37. The van der Waals surface area contributed by atoms with Gasteiger partial charge in [-0.1, -0.05) is 24.8 Å². The molecule has 0 aliphatic carbocycles. The number of aryl methyl sites for hydroxylation is 1. The maximum Gasteiger partial charge on any atom is 0.131 e. The van der Waals surface area contributed by atoms with E-state index in [1.807, 2.05) is 26.0 Å². The molecule has 1 heterocycles. The smallest absolute Gasteiger partial charge is 0.131 e. The zero-order valence-corrected chi connectivity index (χ0v) is 11.8. The van der Waals surface area contributed by atoms with E-state index in [9.17, 15) is 4.39 Å². The number of benzene rings is 1. The fourth-order valence-electron chi connectivity index (χ4n) is 1.61. The molecule has 3 nitrogen and oxygen atoms in total. The van der Waals surface area contributed by atoms with Gasteiger partial charge in [0.15, 0.2) is 0 Å². The van der Waals surface area contributed by atoms with Crippen molar-refractivity contribution in [2.24, 2.45) is 0 Å². The standard InChI is InChI=1S/C14H16FN3S/c1-3-12-17-13(16-4-2)9-14(18-12)19-11-7-5-6-10(15)8-11/h5-9H,3-4H2,1-2H3,(H,16,17,18). The topological polar surface area (TPSA) is 37.8 Å². The van der Waals surface area contributed by atoms with E-state index in [4.69, 9.17) is 0 Å². The van der Waals surface area contributed by atoms with E-state index in [1.54, 1.807) is 6.07 Å². The van der Waals surface area contributed by atoms with E-state index in [2.05, 4.69) is 15.3 Å². The Hall–Kier alpha value is -1.62. The monoisotopic (exact) mass is 277 g/mol. The minimum Gasteiger partial charge on any atom is -0.370 e. The van der Waals surface area contributed by atoms with Crippen LogP contribution in [0.3, 0.4) is 0 Å². The zero-order valence-electron chi connectivity index (χ0n) is 11.0. The van der Waals surface area contributed by atoms with E-state index in [1.165, 1.54) is 23.9 Å². The van der Waals surface area contributed by atoms with Crippen LogP contribution in [0.15, 0.2) is 40.3 Å². The molecule has 100 valence electrons. The predicted molar refractivity (Wildman–Crippen MR) is 76.1 cm³/mol. The van der Waals surface area contributed by atoms with Crippen LogP contribution < -0.4 is 5.32 Å². The molecule has 0 aliphatic rings. The number of hydrogen-bond acceptors (Lipinski definition) is 4. The zero-order chi connectivity index (χ0) is 13.7. The fraction of sp³-hybridized carbons (Fsp3) is 0.286. The number of halogens is 1. The SMILES string of the molecule is CCNc1cc(Sc2cccc(F)c2)nc(CC)n1. The van der Waals surface area contributed by atoms with Gasteiger partial charge >= 0.3 is 0 Å². The summed E-state index contributed by atoms with van der Waals surface area (Å²) < 4.78 is 13.2. The van der Waals surface area contributed by atoms with E-state index >= 15 is 0 Å². The second-order valence-corrected chi connectivity index (χ2v) is 5.04. The largest absolute Gasteiger partial charge is 0.370 e. The Morgan fingerprint density at radius 1 is 1.21 bits per heavy atom. The van der Waals surface area contributed by atoms with E-state index in [0.717, 1.165) is 34.5 Å². The highest BCUT2D eigenvalue weighted by molar-refractivity contribution is 7.99. The van der Waals surface area contributed by atoms with Gasteiger partial charge < -0.3 is 5.32 Å². The molecule has 0 bridgehead atoms. The Morgan fingerprint density at radius 2 is 2.05 bits per heavy atom. The quantitative estimate of drug-likeness (QED) is 0.844. The summed E-state index contributed by atoms with van der Waals surface area (Å²) in [6.45, 7) is 4.85. The normalized spacial score (nSPS) is 10.5. The Labute approximate surface area is 116 Å². The fourth-order valence-corrected chi connectivity index (χ4v) is 2.49. The van der Waals surface area contributed by atoms with Gasteiger partial charge in [0.2, 0.25) is 0 Å². The molecule has 5 heteroatoms. The molecule has 0 aliphatic heterocycles. The molecular weight excluding hydrogens is 261 g/mol. The summed E-state index contributed by atoms with van der Waals surface area (Å²) in [6.07, 6.45) is 0.774. The van der Waals surface area contributed by atoms with E-state index in [-0.39, 0.29) is 5.82 Å². The van der Waals surface area contributed by atoms with Crippen LogP contribution in [0, 0.1) is 5.82 Å². The molecule has 0 spiro atoms. The lowest BCUT2D eigenvalue weighted by atomic mass is 10.4. The number of nitrogens with one attached hydrogen (secondary N) is 1. The number of nitrogens with zero attached hydrogens (tertiary/aromatic N) is 2. The summed E-state index contributed by atoms with van der Waals surface area (Å²) in [5, 5.41) is 4.01. The van der Waals surface area contributed by atoms with Crippen molar-refractivity contribution in [2.75, 3.05) is 11.9 Å². The summed E-state index contributed by atoms with van der Waals surface area (Å²) in [7, 11) is 0. The first-order chi connectivity index (χ1) is 9.21. The Morgan fingerprint density at radius 3 is 2.74 bits per heavy atom. The van der Waals surface area contributed by atoms with Gasteiger partial charge in [-0.3, -0.25) is 0 Å². The van der Waals surface area contributed by atoms with Gasteiger partial charge in [0.25, 0.3) is 0 Å². The van der Waals surface area contributed by atoms with Crippen molar-refractivity contribution < 1.29 is 4.39 Å². The van der Waals surface area contributed by atoms with Crippen LogP contribution in [0.5, 0.6) is 0 Å². The molecule has 0 radical (unpaired) electrons. The Balaban J connectivity index is 2.26. The molecule has 0 atom stereocenters. The van der Waals surface area contributed by atoms with Gasteiger partial charge in [0.1, 0.15) is 22.5 Å². The van der Waals surface area contributed by atoms with Crippen molar-refractivity contribution >= 4 is 17.6 Å². The number of anilines is 1. The number of rotatable bonds is 5. The number of hydrogen-bond donors (Lipinski definition) is 1. The predicted octanol–water partition coefficient (Wildman–Crippen LogP) is 3.76. The molecule has 1 N–H and O–H groups in total. The first kappa shape index (κ1) is 13.8. The Bertz CT molecular complexity index is 560. The van der Waals surface area contributed by atoms with Crippen molar-refractivity contribution in [3.8, 4) is 0 Å². The lowest BCUT2D eigenvalue weighted by Gasteiger charge is -2.07. The van der Waals surface area contributed by atoms with E-state index < -0.39 is 0 Å². The van der Waals surface area contributed by atoms with Gasteiger partial charge in [0, 0.05) is 23.9 Å². The molecule has 0 unspecified atom stereocenters. The van der Waals surface area contributed by atoms with Gasteiger partial charge in [-0.25, -0.2) is 14.4 Å². The second-order valence-electron chi connectivity index (χ2n) is 3.95. The second kappa shape index (κ2) is 6.52. The molecular formula is C14H16FN3S. The molecule has 19 heavy (non-hydrogen) atoms. The molecule has 1 aromatic heterocycles. The average molecular weight is 277 g/mol. The van der Waals surface area contributed by atoms with Crippen LogP contribution in [0.4, 0.5) is 10.2 Å². The third kappa shape index (κ3) is 3.92. The molecule has 0 saturated carbocycles. The van der Waals surface area contributed by atoms with Crippen molar-refractivity contribution in [3.05, 3.63) is 42.0 Å². The molecule has 2 rings (SSSR count). The van der Waals surface area contributed by atoms with Gasteiger partial charge in [-0.05, 0) is 25.1 Å².